The second-order valence-electron chi connectivity index (χ2n) is 6.65. The van der Waals surface area contributed by atoms with Crippen molar-refractivity contribution in [2.75, 3.05) is 33.9 Å². The van der Waals surface area contributed by atoms with Crippen LogP contribution in [0.5, 0.6) is 11.5 Å². The molecule has 0 radical (unpaired) electrons. The molecule has 1 aromatic rings. The first-order valence-electron chi connectivity index (χ1n) is 9.63. The fourth-order valence-corrected chi connectivity index (χ4v) is 2.94. The van der Waals surface area contributed by atoms with Gasteiger partial charge in [-0.05, 0) is 44.2 Å². The van der Waals surface area contributed by atoms with Crippen LogP contribution in [-0.2, 0) is 14.3 Å². The summed E-state index contributed by atoms with van der Waals surface area (Å²) >= 11 is 0. The molecule has 8 heteroatoms. The average Bonchev–Trinajstić information content (AvgIpc) is 2.76. The van der Waals surface area contributed by atoms with Crippen LogP contribution in [0.1, 0.15) is 42.5 Å². The van der Waals surface area contributed by atoms with Crippen LogP contribution in [-0.4, -0.2) is 51.7 Å². The van der Waals surface area contributed by atoms with Crippen molar-refractivity contribution in [1.29, 1.82) is 0 Å². The summed E-state index contributed by atoms with van der Waals surface area (Å²) in [6.07, 6.45) is 7.67. The monoisotopic (exact) mass is 404 g/mol. The molecule has 1 aliphatic carbocycles. The molecule has 0 saturated heterocycles. The number of methoxy groups -OCH3 is 2. The number of carbonyl (C=O) groups is 3. The third kappa shape index (κ3) is 7.85. The Balaban J connectivity index is 1.67. The van der Waals surface area contributed by atoms with Crippen LogP contribution >= 0.6 is 0 Å². The number of nitrogens with one attached hydrogen (secondary N) is 2. The lowest BCUT2D eigenvalue weighted by atomic mass is 9.97. The summed E-state index contributed by atoms with van der Waals surface area (Å²) in [5.74, 6) is -0.628. The van der Waals surface area contributed by atoms with Gasteiger partial charge in [-0.1, -0.05) is 11.6 Å². The van der Waals surface area contributed by atoms with E-state index in [2.05, 4.69) is 16.7 Å². The quantitative estimate of drug-likeness (QED) is 0.457. The first kappa shape index (κ1) is 22.3. The van der Waals surface area contributed by atoms with E-state index in [-0.39, 0.29) is 24.6 Å². The molecule has 0 unspecified atom stereocenters. The third-order valence-corrected chi connectivity index (χ3v) is 4.52. The van der Waals surface area contributed by atoms with Crippen molar-refractivity contribution in [3.8, 4) is 11.5 Å². The van der Waals surface area contributed by atoms with Crippen LogP contribution in [0.2, 0.25) is 0 Å². The van der Waals surface area contributed by atoms with E-state index in [0.29, 0.717) is 18.0 Å². The molecule has 2 amide bonds. The van der Waals surface area contributed by atoms with Crippen LogP contribution < -0.4 is 20.1 Å². The largest absolute Gasteiger partial charge is 0.497 e. The molecule has 0 heterocycles. The van der Waals surface area contributed by atoms with E-state index < -0.39 is 11.9 Å². The summed E-state index contributed by atoms with van der Waals surface area (Å²) in [6.45, 7) is -0.199. The number of allylic oxidation sites excluding steroid dienone is 1. The fraction of sp³-hybridized carbons (Fsp3) is 0.476. The molecule has 0 atom stereocenters. The zero-order valence-electron chi connectivity index (χ0n) is 16.9. The van der Waals surface area contributed by atoms with Crippen molar-refractivity contribution >= 4 is 17.8 Å². The van der Waals surface area contributed by atoms with E-state index in [1.54, 1.807) is 6.07 Å². The Morgan fingerprint density at radius 3 is 2.34 bits per heavy atom. The summed E-state index contributed by atoms with van der Waals surface area (Å²) in [7, 11) is 2.95. The van der Waals surface area contributed by atoms with E-state index in [4.69, 9.17) is 14.2 Å². The zero-order chi connectivity index (χ0) is 21.1. The van der Waals surface area contributed by atoms with Crippen LogP contribution in [0.15, 0.2) is 29.8 Å². The molecule has 29 heavy (non-hydrogen) atoms. The SMILES string of the molecule is COc1cc(OC)cc(C(=O)NCC(=O)OCC(=O)NCCC2=CCCCC2)c1. The number of amides is 2. The number of carbonyl (C=O) groups excluding carboxylic acids is 3. The van der Waals surface area contributed by atoms with Crippen LogP contribution in [0.3, 0.4) is 0 Å². The number of esters is 1. The van der Waals surface area contributed by atoms with Gasteiger partial charge in [0.1, 0.15) is 18.0 Å². The maximum atomic E-state index is 12.2. The minimum absolute atomic E-state index is 0.281. The van der Waals surface area contributed by atoms with Crippen LogP contribution in [0.4, 0.5) is 0 Å². The lowest BCUT2D eigenvalue weighted by Gasteiger charge is -2.13. The zero-order valence-corrected chi connectivity index (χ0v) is 16.9. The first-order chi connectivity index (χ1) is 14.0. The van der Waals surface area contributed by atoms with Crippen molar-refractivity contribution in [2.24, 2.45) is 0 Å². The molecule has 0 aromatic heterocycles. The van der Waals surface area contributed by atoms with Gasteiger partial charge in [-0.15, -0.1) is 0 Å². The Hall–Kier alpha value is -3.03. The second kappa shape index (κ2) is 11.7. The van der Waals surface area contributed by atoms with Crippen molar-refractivity contribution in [3.63, 3.8) is 0 Å². The molecule has 1 aliphatic rings. The predicted molar refractivity (Wildman–Crippen MR) is 107 cm³/mol. The highest BCUT2D eigenvalue weighted by atomic mass is 16.5. The van der Waals surface area contributed by atoms with Crippen LogP contribution in [0, 0.1) is 0 Å². The van der Waals surface area contributed by atoms with Gasteiger partial charge in [-0.3, -0.25) is 14.4 Å². The highest BCUT2D eigenvalue weighted by Crippen LogP contribution is 2.22. The van der Waals surface area contributed by atoms with Crippen molar-refractivity contribution in [1.82, 2.24) is 10.6 Å². The summed E-state index contributed by atoms with van der Waals surface area (Å²) < 4.78 is 15.1. The van der Waals surface area contributed by atoms with Crippen molar-refractivity contribution in [3.05, 3.63) is 35.4 Å². The van der Waals surface area contributed by atoms with E-state index >= 15 is 0 Å². The molecular weight excluding hydrogens is 376 g/mol. The van der Waals surface area contributed by atoms with Gasteiger partial charge in [0.05, 0.1) is 14.2 Å². The molecule has 158 valence electrons. The van der Waals surface area contributed by atoms with Gasteiger partial charge in [-0.25, -0.2) is 0 Å². The molecule has 2 rings (SSSR count). The second-order valence-corrected chi connectivity index (χ2v) is 6.65. The van der Waals surface area contributed by atoms with E-state index in [1.807, 2.05) is 0 Å². The summed E-state index contributed by atoms with van der Waals surface area (Å²) in [5.41, 5.74) is 1.65. The normalized spacial score (nSPS) is 13.1. The number of benzene rings is 1. The number of hydrogen-bond donors (Lipinski definition) is 2. The Morgan fingerprint density at radius 1 is 1.00 bits per heavy atom. The van der Waals surface area contributed by atoms with Gasteiger partial charge in [0.15, 0.2) is 6.61 Å². The van der Waals surface area contributed by atoms with E-state index in [0.717, 1.165) is 19.3 Å². The maximum Gasteiger partial charge on any atom is 0.325 e. The molecule has 0 spiro atoms. The Bertz CT molecular complexity index is 737. The molecule has 8 nitrogen and oxygen atoms in total. The maximum absolute atomic E-state index is 12.2. The number of hydrogen-bond acceptors (Lipinski definition) is 6. The van der Waals surface area contributed by atoms with Gasteiger partial charge in [0, 0.05) is 18.2 Å². The highest BCUT2D eigenvalue weighted by molar-refractivity contribution is 5.96. The van der Waals surface area contributed by atoms with Crippen molar-refractivity contribution in [2.45, 2.75) is 32.1 Å². The fourth-order valence-electron chi connectivity index (χ4n) is 2.94. The molecular formula is C21H28N2O6. The highest BCUT2D eigenvalue weighted by Gasteiger charge is 2.13. The van der Waals surface area contributed by atoms with Gasteiger partial charge >= 0.3 is 5.97 Å². The Labute approximate surface area is 170 Å². The Kier molecular flexibility index (Phi) is 9.01. The van der Waals surface area contributed by atoms with E-state index in [9.17, 15) is 14.4 Å². The van der Waals surface area contributed by atoms with Gasteiger partial charge in [0.25, 0.3) is 11.8 Å². The smallest absolute Gasteiger partial charge is 0.325 e. The summed E-state index contributed by atoms with van der Waals surface area (Å²) in [4.78, 5) is 35.7. The molecule has 0 bridgehead atoms. The molecule has 1 aromatic carbocycles. The minimum Gasteiger partial charge on any atom is -0.497 e. The summed E-state index contributed by atoms with van der Waals surface area (Å²) in [6, 6.07) is 4.69. The third-order valence-electron chi connectivity index (χ3n) is 4.52. The van der Waals surface area contributed by atoms with Gasteiger partial charge in [0.2, 0.25) is 0 Å². The number of rotatable bonds is 10. The van der Waals surface area contributed by atoms with Crippen LogP contribution in [0.25, 0.3) is 0 Å². The molecule has 0 saturated carbocycles. The first-order valence-corrected chi connectivity index (χ1v) is 9.63. The van der Waals surface area contributed by atoms with Gasteiger partial charge in [-0.2, -0.15) is 0 Å². The standard InChI is InChI=1S/C21H28N2O6/c1-27-17-10-16(11-18(12-17)28-2)21(26)23-13-20(25)29-14-19(24)22-9-8-15-6-4-3-5-7-15/h6,10-12H,3-5,7-9,13-14H2,1-2H3,(H,22,24)(H,23,26). The Morgan fingerprint density at radius 2 is 1.72 bits per heavy atom. The lowest BCUT2D eigenvalue weighted by Crippen LogP contribution is -2.34. The number of ether oxygens (including phenoxy) is 3. The molecule has 0 aliphatic heterocycles. The lowest BCUT2D eigenvalue weighted by molar-refractivity contribution is -0.147. The van der Waals surface area contributed by atoms with E-state index in [1.165, 1.54) is 44.8 Å². The van der Waals surface area contributed by atoms with Crippen molar-refractivity contribution < 1.29 is 28.6 Å². The average molecular weight is 404 g/mol. The minimum atomic E-state index is -0.696. The topological polar surface area (TPSA) is 103 Å². The molecule has 0 fully saturated rings. The summed E-state index contributed by atoms with van der Waals surface area (Å²) in [5, 5.41) is 5.18. The molecule has 2 N–H and O–H groups in total. The van der Waals surface area contributed by atoms with Gasteiger partial charge < -0.3 is 24.8 Å². The predicted octanol–water partition coefficient (Wildman–Crippen LogP) is 1.98.